The fourth-order valence-electron chi connectivity index (χ4n) is 3.70. The standard InChI is InChI=1S/C18H27N3O4S/c1-12(2)20-26(23,24)17-10-13(4-7-16(17)25-3)18(22)21-9-8-14-5-6-15(11-21)19-14/h4,7,10,12,14-15,19-20H,5-6,8-9,11H2,1-3H3. The molecule has 1 aromatic rings. The third-order valence-corrected chi connectivity index (χ3v) is 6.58. The van der Waals surface area contributed by atoms with Crippen molar-refractivity contribution in [3.63, 3.8) is 0 Å². The Balaban J connectivity index is 1.88. The molecule has 2 unspecified atom stereocenters. The fraction of sp³-hybridized carbons (Fsp3) is 0.611. The van der Waals surface area contributed by atoms with Gasteiger partial charge in [-0.25, -0.2) is 13.1 Å². The number of hydrogen-bond acceptors (Lipinski definition) is 5. The summed E-state index contributed by atoms with van der Waals surface area (Å²) in [6.45, 7) is 4.84. The highest BCUT2D eigenvalue weighted by Crippen LogP contribution is 2.27. The van der Waals surface area contributed by atoms with Gasteiger partial charge in [0.1, 0.15) is 10.6 Å². The van der Waals surface area contributed by atoms with Crippen molar-refractivity contribution in [2.24, 2.45) is 0 Å². The van der Waals surface area contributed by atoms with Gasteiger partial charge in [0.05, 0.1) is 7.11 Å². The van der Waals surface area contributed by atoms with Crippen LogP contribution in [0.3, 0.4) is 0 Å². The van der Waals surface area contributed by atoms with E-state index in [9.17, 15) is 13.2 Å². The molecule has 3 rings (SSSR count). The summed E-state index contributed by atoms with van der Waals surface area (Å²) in [5, 5.41) is 3.54. The van der Waals surface area contributed by atoms with E-state index in [0.29, 0.717) is 30.7 Å². The predicted octanol–water partition coefficient (Wildman–Crippen LogP) is 1.35. The van der Waals surface area contributed by atoms with Crippen molar-refractivity contribution in [1.29, 1.82) is 0 Å². The molecule has 7 nitrogen and oxygen atoms in total. The molecule has 2 aliphatic rings. The molecular weight excluding hydrogens is 354 g/mol. The lowest BCUT2D eigenvalue weighted by Gasteiger charge is -2.24. The van der Waals surface area contributed by atoms with Crippen molar-refractivity contribution >= 4 is 15.9 Å². The molecule has 0 radical (unpaired) electrons. The quantitative estimate of drug-likeness (QED) is 0.804. The predicted molar refractivity (Wildman–Crippen MR) is 98.9 cm³/mol. The van der Waals surface area contributed by atoms with E-state index < -0.39 is 10.0 Å². The van der Waals surface area contributed by atoms with Crippen LogP contribution in [0.2, 0.25) is 0 Å². The number of benzene rings is 1. The number of methoxy groups -OCH3 is 1. The monoisotopic (exact) mass is 381 g/mol. The third-order valence-electron chi connectivity index (χ3n) is 4.90. The van der Waals surface area contributed by atoms with Crippen LogP contribution in [-0.2, 0) is 10.0 Å². The Bertz CT molecular complexity index is 779. The molecule has 2 saturated heterocycles. The van der Waals surface area contributed by atoms with Gasteiger partial charge in [0.2, 0.25) is 10.0 Å². The molecule has 2 heterocycles. The molecular formula is C18H27N3O4S. The number of rotatable bonds is 5. The average Bonchev–Trinajstić information content (AvgIpc) is 2.91. The zero-order valence-corrected chi connectivity index (χ0v) is 16.3. The first-order chi connectivity index (χ1) is 12.3. The SMILES string of the molecule is COc1ccc(C(=O)N2CCC3CCC(C2)N3)cc1S(=O)(=O)NC(C)C. The summed E-state index contributed by atoms with van der Waals surface area (Å²) >= 11 is 0. The molecule has 26 heavy (non-hydrogen) atoms. The molecule has 0 spiro atoms. The summed E-state index contributed by atoms with van der Waals surface area (Å²) in [6.07, 6.45) is 3.17. The van der Waals surface area contributed by atoms with E-state index in [4.69, 9.17) is 4.74 Å². The van der Waals surface area contributed by atoms with Crippen molar-refractivity contribution in [3.05, 3.63) is 23.8 Å². The summed E-state index contributed by atoms with van der Waals surface area (Å²) in [5.74, 6) is 0.0919. The Kier molecular flexibility index (Phi) is 5.55. The summed E-state index contributed by atoms with van der Waals surface area (Å²) < 4.78 is 33.0. The molecule has 144 valence electrons. The van der Waals surface area contributed by atoms with E-state index >= 15 is 0 Å². The number of amides is 1. The molecule has 0 aromatic heterocycles. The van der Waals surface area contributed by atoms with Crippen molar-refractivity contribution in [2.75, 3.05) is 20.2 Å². The summed E-state index contributed by atoms with van der Waals surface area (Å²) in [5.41, 5.74) is 0.368. The van der Waals surface area contributed by atoms with Gasteiger partial charge in [-0.1, -0.05) is 0 Å². The Morgan fingerprint density at radius 1 is 1.27 bits per heavy atom. The van der Waals surface area contributed by atoms with Crippen LogP contribution in [-0.4, -0.2) is 57.5 Å². The number of carbonyl (C=O) groups excluding carboxylic acids is 1. The van der Waals surface area contributed by atoms with Crippen LogP contribution in [0.25, 0.3) is 0 Å². The van der Waals surface area contributed by atoms with Crippen LogP contribution in [0.15, 0.2) is 23.1 Å². The van der Waals surface area contributed by atoms with Gasteiger partial charge in [0.15, 0.2) is 0 Å². The second-order valence-electron chi connectivity index (χ2n) is 7.32. The van der Waals surface area contributed by atoms with Crippen LogP contribution < -0.4 is 14.8 Å². The number of nitrogens with one attached hydrogen (secondary N) is 2. The fourth-order valence-corrected chi connectivity index (χ4v) is 5.15. The number of likely N-dealkylation sites (tertiary alicyclic amines) is 1. The molecule has 2 N–H and O–H groups in total. The molecule has 1 amide bonds. The van der Waals surface area contributed by atoms with E-state index in [1.165, 1.54) is 19.6 Å². The third kappa shape index (κ3) is 4.02. The topological polar surface area (TPSA) is 87.7 Å². The molecule has 2 fully saturated rings. The van der Waals surface area contributed by atoms with E-state index in [-0.39, 0.29) is 22.6 Å². The van der Waals surface area contributed by atoms with Crippen LogP contribution in [0.5, 0.6) is 5.75 Å². The molecule has 2 bridgehead atoms. The molecule has 0 saturated carbocycles. The zero-order chi connectivity index (χ0) is 18.9. The normalized spacial score (nSPS) is 23.2. The summed E-state index contributed by atoms with van der Waals surface area (Å²) in [6, 6.07) is 5.16. The van der Waals surface area contributed by atoms with Crippen LogP contribution in [0.4, 0.5) is 0 Å². The molecule has 8 heteroatoms. The zero-order valence-electron chi connectivity index (χ0n) is 15.5. The number of fused-ring (bicyclic) bond motifs is 2. The minimum Gasteiger partial charge on any atom is -0.495 e. The second kappa shape index (κ2) is 7.54. The van der Waals surface area contributed by atoms with Crippen LogP contribution in [0.1, 0.15) is 43.5 Å². The lowest BCUT2D eigenvalue weighted by molar-refractivity contribution is 0.0748. The van der Waals surface area contributed by atoms with Gasteiger partial charge in [-0.05, 0) is 51.3 Å². The molecule has 0 aliphatic carbocycles. The highest BCUT2D eigenvalue weighted by Gasteiger charge is 2.32. The highest BCUT2D eigenvalue weighted by molar-refractivity contribution is 7.89. The molecule has 2 aliphatic heterocycles. The van der Waals surface area contributed by atoms with Gasteiger partial charge in [0.25, 0.3) is 5.91 Å². The van der Waals surface area contributed by atoms with Crippen LogP contribution in [0, 0.1) is 0 Å². The van der Waals surface area contributed by atoms with Gasteiger partial charge in [-0.3, -0.25) is 4.79 Å². The lowest BCUT2D eigenvalue weighted by atomic mass is 10.1. The maximum absolute atomic E-state index is 13.0. The lowest BCUT2D eigenvalue weighted by Crippen LogP contribution is -2.39. The van der Waals surface area contributed by atoms with Gasteiger partial charge in [0, 0.05) is 36.8 Å². The number of hydrogen-bond donors (Lipinski definition) is 2. The average molecular weight is 381 g/mol. The first-order valence-corrected chi connectivity index (χ1v) is 10.5. The largest absolute Gasteiger partial charge is 0.495 e. The number of carbonyl (C=O) groups is 1. The number of sulfonamides is 1. The van der Waals surface area contributed by atoms with Gasteiger partial charge < -0.3 is 15.0 Å². The van der Waals surface area contributed by atoms with Gasteiger partial charge in [-0.2, -0.15) is 0 Å². The van der Waals surface area contributed by atoms with Crippen molar-refractivity contribution in [2.45, 2.75) is 56.1 Å². The maximum Gasteiger partial charge on any atom is 0.253 e. The number of nitrogens with zero attached hydrogens (tertiary/aromatic N) is 1. The Morgan fingerprint density at radius 3 is 2.69 bits per heavy atom. The molecule has 1 aromatic carbocycles. The van der Waals surface area contributed by atoms with E-state index in [2.05, 4.69) is 10.0 Å². The number of ether oxygens (including phenoxy) is 1. The summed E-state index contributed by atoms with van der Waals surface area (Å²) in [4.78, 5) is 14.8. The first-order valence-electron chi connectivity index (χ1n) is 9.06. The summed E-state index contributed by atoms with van der Waals surface area (Å²) in [7, 11) is -2.34. The smallest absolute Gasteiger partial charge is 0.253 e. The van der Waals surface area contributed by atoms with E-state index in [0.717, 1.165) is 12.8 Å². The van der Waals surface area contributed by atoms with E-state index in [1.807, 2.05) is 4.90 Å². The van der Waals surface area contributed by atoms with Gasteiger partial charge in [-0.15, -0.1) is 0 Å². The maximum atomic E-state index is 13.0. The second-order valence-corrected chi connectivity index (χ2v) is 9.00. The Labute approximate surface area is 155 Å². The minimum atomic E-state index is -3.76. The Morgan fingerprint density at radius 2 is 2.00 bits per heavy atom. The van der Waals surface area contributed by atoms with Crippen molar-refractivity contribution < 1.29 is 17.9 Å². The first kappa shape index (κ1) is 19.1. The van der Waals surface area contributed by atoms with Crippen LogP contribution >= 0.6 is 0 Å². The van der Waals surface area contributed by atoms with Gasteiger partial charge >= 0.3 is 0 Å². The highest BCUT2D eigenvalue weighted by atomic mass is 32.2. The Hall–Kier alpha value is -1.64. The minimum absolute atomic E-state index is 0.00554. The van der Waals surface area contributed by atoms with E-state index in [1.54, 1.807) is 26.0 Å². The van der Waals surface area contributed by atoms with Crippen molar-refractivity contribution in [1.82, 2.24) is 14.9 Å². The molecule has 2 atom stereocenters. The van der Waals surface area contributed by atoms with Crippen molar-refractivity contribution in [3.8, 4) is 5.75 Å².